The molecule has 0 saturated carbocycles. The lowest BCUT2D eigenvalue weighted by atomic mass is 9.92. The molecule has 0 bridgehead atoms. The van der Waals surface area contributed by atoms with E-state index in [1.54, 1.807) is 12.3 Å². The minimum Gasteiger partial charge on any atom is -0.481 e. The van der Waals surface area contributed by atoms with Crippen LogP contribution in [-0.4, -0.2) is 88.6 Å². The van der Waals surface area contributed by atoms with Crippen LogP contribution in [0.1, 0.15) is 140 Å². The Hall–Kier alpha value is -3.28. The third kappa shape index (κ3) is 15.3. The molecule has 7 atom stereocenters. The second-order valence-electron chi connectivity index (χ2n) is 15.9. The fourth-order valence-electron chi connectivity index (χ4n) is 6.74. The van der Waals surface area contributed by atoms with E-state index in [9.17, 15) is 19.5 Å². The van der Waals surface area contributed by atoms with E-state index in [0.717, 1.165) is 55.5 Å². The molecule has 3 N–H and O–H groups in total. The van der Waals surface area contributed by atoms with Gasteiger partial charge in [-0.15, -0.1) is 11.3 Å². The summed E-state index contributed by atoms with van der Waals surface area (Å²) in [5.74, 6) is -1.57. The second kappa shape index (κ2) is 24.4. The van der Waals surface area contributed by atoms with E-state index < -0.39 is 24.0 Å². The van der Waals surface area contributed by atoms with Crippen LogP contribution in [0, 0.1) is 24.7 Å². The molecule has 0 spiro atoms. The van der Waals surface area contributed by atoms with Crippen LogP contribution in [0.5, 0.6) is 0 Å². The van der Waals surface area contributed by atoms with Crippen molar-refractivity contribution in [1.29, 1.82) is 0 Å². The zero-order valence-corrected chi connectivity index (χ0v) is 36.6. The van der Waals surface area contributed by atoms with Crippen molar-refractivity contribution >= 4 is 29.1 Å². The van der Waals surface area contributed by atoms with Gasteiger partial charge in [0.05, 0.1) is 5.92 Å². The molecule has 0 fully saturated rings. The highest BCUT2D eigenvalue weighted by Gasteiger charge is 2.36. The van der Waals surface area contributed by atoms with Gasteiger partial charge >= 0.3 is 5.97 Å². The Labute approximate surface area is 336 Å². The highest BCUT2D eigenvalue weighted by molar-refractivity contribution is 7.09. The summed E-state index contributed by atoms with van der Waals surface area (Å²) in [5.41, 5.74) is 3.29. The molecule has 0 saturated heterocycles. The normalized spacial score (nSPS) is 15.5. The number of aliphatic carboxylic acids is 1. The highest BCUT2D eigenvalue weighted by Crippen LogP contribution is 2.32. The molecule has 2 amide bonds. The summed E-state index contributed by atoms with van der Waals surface area (Å²) in [5, 5.41) is 18.8. The molecule has 0 aliphatic carbocycles. The smallest absolute Gasteiger partial charge is 0.306 e. The Morgan fingerprint density at radius 3 is 2.18 bits per heavy atom. The summed E-state index contributed by atoms with van der Waals surface area (Å²) in [6.07, 6.45) is 5.61. The summed E-state index contributed by atoms with van der Waals surface area (Å²) < 4.78 is 6.47. The predicted octanol–water partition coefficient (Wildman–Crippen LogP) is 8.66. The number of carboxylic acid groups (broad SMARTS) is 1. The number of thiazole rings is 1. The number of aryl methyl sites for hydroxylation is 1. The Bertz CT molecular complexity index is 1460. The molecular weight excluding hydrogens is 711 g/mol. The Balaban J connectivity index is 2.39. The molecule has 1 aromatic heterocycles. The molecule has 2 rings (SSSR count). The Kier molecular flexibility index (Phi) is 21.2. The Morgan fingerprint density at radius 2 is 1.62 bits per heavy atom. The predicted molar refractivity (Wildman–Crippen MR) is 226 cm³/mol. The molecule has 11 heteroatoms. The van der Waals surface area contributed by atoms with Gasteiger partial charge in [-0.1, -0.05) is 105 Å². The van der Waals surface area contributed by atoms with Gasteiger partial charge in [-0.2, -0.15) is 0 Å². The fraction of sp³-hybridized carbons (Fsp3) is 0.682. The third-order valence-corrected chi connectivity index (χ3v) is 11.7. The number of amides is 2. The van der Waals surface area contributed by atoms with Gasteiger partial charge in [-0.05, 0) is 76.9 Å². The van der Waals surface area contributed by atoms with E-state index in [1.165, 1.54) is 11.3 Å². The number of rotatable bonds is 27. The van der Waals surface area contributed by atoms with E-state index in [-0.39, 0.29) is 47.5 Å². The number of carbonyl (C=O) groups excluding carboxylic acids is 2. The summed E-state index contributed by atoms with van der Waals surface area (Å²) in [6, 6.07) is 7.19. The average Bonchev–Trinajstić information content (AvgIpc) is 3.65. The van der Waals surface area contributed by atoms with E-state index in [0.29, 0.717) is 37.4 Å². The lowest BCUT2D eigenvalue weighted by Gasteiger charge is -2.40. The lowest BCUT2D eigenvalue weighted by molar-refractivity contribution is -0.141. The molecule has 0 radical (unpaired) electrons. The van der Waals surface area contributed by atoms with Gasteiger partial charge in [0.15, 0.2) is 0 Å². The first-order valence-electron chi connectivity index (χ1n) is 20.7. The molecular formula is C44H73N5O5S. The van der Waals surface area contributed by atoms with Crippen LogP contribution in [0.25, 0.3) is 0 Å². The summed E-state index contributed by atoms with van der Waals surface area (Å²) in [6.45, 7) is 27.2. The molecule has 5 unspecified atom stereocenters. The number of unbranched alkanes of at least 4 members (excludes halogenated alkanes) is 1. The number of nitrogens with one attached hydrogen (secondary N) is 2. The van der Waals surface area contributed by atoms with Crippen molar-refractivity contribution in [3.8, 4) is 0 Å². The highest BCUT2D eigenvalue weighted by atomic mass is 32.1. The van der Waals surface area contributed by atoms with Crippen molar-refractivity contribution < 1.29 is 24.2 Å². The van der Waals surface area contributed by atoms with Gasteiger partial charge in [0, 0.05) is 48.8 Å². The summed E-state index contributed by atoms with van der Waals surface area (Å²) in [7, 11) is 2.11. The number of hydrogen-bond donors (Lipinski definition) is 3. The number of likely N-dealkylation sites (N-methyl/N-ethyl adjacent to an activating group) is 1. The number of hydrogen-bond acceptors (Lipinski definition) is 8. The SMILES string of the molecule is C=C(N[C@H](C(=O)N(CCC)C(CC(OCCC)c1nc(C(=O)NC(Cc2ccc(C)cc2)CC(C)C(=O)O)cs1)C(C)C)C(C)CC)[C@@H](C)N(C)CCCC. The molecule has 2 aromatic rings. The zero-order valence-electron chi connectivity index (χ0n) is 35.8. The minimum atomic E-state index is -0.897. The average molecular weight is 784 g/mol. The first kappa shape index (κ1) is 47.9. The van der Waals surface area contributed by atoms with E-state index in [4.69, 9.17) is 9.72 Å². The number of ether oxygens (including phenoxy) is 1. The molecule has 1 aromatic carbocycles. The topological polar surface area (TPSA) is 124 Å². The van der Waals surface area contributed by atoms with Gasteiger partial charge in [-0.25, -0.2) is 4.98 Å². The maximum Gasteiger partial charge on any atom is 0.306 e. The first-order valence-corrected chi connectivity index (χ1v) is 21.6. The van der Waals surface area contributed by atoms with Crippen molar-refractivity contribution in [1.82, 2.24) is 25.4 Å². The molecule has 10 nitrogen and oxygen atoms in total. The van der Waals surface area contributed by atoms with Crippen LogP contribution in [0.15, 0.2) is 41.9 Å². The molecule has 1 heterocycles. The van der Waals surface area contributed by atoms with E-state index >= 15 is 0 Å². The number of carbonyl (C=O) groups is 3. The maximum absolute atomic E-state index is 14.7. The summed E-state index contributed by atoms with van der Waals surface area (Å²) in [4.78, 5) is 49.3. The van der Waals surface area contributed by atoms with Crippen LogP contribution in [0.3, 0.4) is 0 Å². The van der Waals surface area contributed by atoms with Crippen molar-refractivity contribution in [2.24, 2.45) is 17.8 Å². The standard InChI is InChI=1S/C44H73N5O5S/c1-13-17-23-48(12)34(11)33(10)45-40(31(8)16-4)43(51)49(22-14-2)38(29(5)6)27-39(54-24-15-3)42-47-37(28-55-42)41(50)46-36(25-32(9)44(52)53)26-35-20-18-30(7)19-21-35/h18-21,28-29,31-32,34,36,38-40,45H,10,13-17,22-27H2,1-9,11-12H3,(H,46,50)(H,52,53)/t31?,32?,34-,36?,38?,39?,40+/m1/s1. The fourth-order valence-corrected chi connectivity index (χ4v) is 7.60. The van der Waals surface area contributed by atoms with Gasteiger partial charge in [0.2, 0.25) is 5.91 Å². The van der Waals surface area contributed by atoms with Gasteiger partial charge in [0.25, 0.3) is 5.91 Å². The minimum absolute atomic E-state index is 0.0723. The number of carboxylic acids is 1. The van der Waals surface area contributed by atoms with Crippen molar-refractivity contribution in [2.45, 2.75) is 151 Å². The quantitative estimate of drug-likeness (QED) is 0.0823. The maximum atomic E-state index is 14.7. The summed E-state index contributed by atoms with van der Waals surface area (Å²) >= 11 is 1.39. The van der Waals surface area contributed by atoms with Crippen LogP contribution in [0.4, 0.5) is 0 Å². The zero-order chi connectivity index (χ0) is 41.2. The first-order chi connectivity index (χ1) is 26.1. The number of aromatic nitrogens is 1. The van der Waals surface area contributed by atoms with Gasteiger partial charge in [-0.3, -0.25) is 19.3 Å². The van der Waals surface area contributed by atoms with Crippen LogP contribution < -0.4 is 10.6 Å². The van der Waals surface area contributed by atoms with Crippen LogP contribution in [0.2, 0.25) is 0 Å². The molecule has 55 heavy (non-hydrogen) atoms. The van der Waals surface area contributed by atoms with Crippen LogP contribution in [-0.2, 0) is 20.7 Å². The number of benzene rings is 1. The van der Waals surface area contributed by atoms with E-state index in [2.05, 4.69) is 89.4 Å². The lowest BCUT2D eigenvalue weighted by Crippen LogP contribution is -2.55. The third-order valence-electron chi connectivity index (χ3n) is 10.8. The van der Waals surface area contributed by atoms with Gasteiger partial charge < -0.3 is 25.4 Å². The molecule has 310 valence electrons. The monoisotopic (exact) mass is 784 g/mol. The molecule has 0 aliphatic rings. The van der Waals surface area contributed by atoms with Crippen molar-refractivity contribution in [3.63, 3.8) is 0 Å². The largest absolute Gasteiger partial charge is 0.481 e. The second-order valence-corrected chi connectivity index (χ2v) is 16.8. The van der Waals surface area contributed by atoms with E-state index in [1.807, 2.05) is 31.2 Å². The Morgan fingerprint density at radius 1 is 0.945 bits per heavy atom. The van der Waals surface area contributed by atoms with Crippen LogP contribution >= 0.6 is 11.3 Å². The molecule has 0 aliphatic heterocycles. The van der Waals surface area contributed by atoms with Crippen molar-refractivity contribution in [3.05, 3.63) is 63.7 Å². The number of nitrogens with zero attached hydrogens (tertiary/aromatic N) is 3. The van der Waals surface area contributed by atoms with Crippen molar-refractivity contribution in [2.75, 3.05) is 26.7 Å². The van der Waals surface area contributed by atoms with Gasteiger partial charge in [0.1, 0.15) is 22.8 Å².